The van der Waals surface area contributed by atoms with Crippen LogP contribution in [0.25, 0.3) is 0 Å². The minimum atomic E-state index is 0.481. The van der Waals surface area contributed by atoms with Crippen LogP contribution in [0.15, 0.2) is 16.7 Å². The highest BCUT2D eigenvalue weighted by molar-refractivity contribution is 5.64. The van der Waals surface area contributed by atoms with Crippen molar-refractivity contribution in [3.63, 3.8) is 0 Å². The predicted octanol–water partition coefficient (Wildman–Crippen LogP) is 2.19. The van der Waals surface area contributed by atoms with Crippen molar-refractivity contribution in [3.8, 4) is 0 Å². The topological polar surface area (TPSA) is 77.0 Å². The Kier molecular flexibility index (Phi) is 2.99. The number of pyridine rings is 1. The molecule has 0 aliphatic heterocycles. The van der Waals surface area contributed by atoms with E-state index in [-0.39, 0.29) is 0 Å². The van der Waals surface area contributed by atoms with Crippen LogP contribution >= 0.6 is 0 Å². The zero-order valence-electron chi connectivity index (χ0n) is 10.2. The average molecular weight is 232 g/mol. The number of aromatic nitrogens is 2. The number of nitrogen functional groups attached to an aromatic ring is 1. The highest BCUT2D eigenvalue weighted by Gasteiger charge is 2.07. The van der Waals surface area contributed by atoms with Crippen molar-refractivity contribution in [2.24, 2.45) is 0 Å². The molecule has 2 heterocycles. The summed E-state index contributed by atoms with van der Waals surface area (Å²) in [5.41, 5.74) is 8.48. The Labute approximate surface area is 100 Å². The summed E-state index contributed by atoms with van der Waals surface area (Å²) in [5, 5.41) is 3.12. The SMILES string of the molecule is Cc1ccnc(NCc2nc(C)c(C)o2)c1N. The lowest BCUT2D eigenvalue weighted by Gasteiger charge is -2.07. The van der Waals surface area contributed by atoms with Crippen molar-refractivity contribution in [3.05, 3.63) is 35.2 Å². The molecule has 17 heavy (non-hydrogen) atoms. The molecule has 2 aromatic rings. The number of hydrogen-bond acceptors (Lipinski definition) is 5. The molecular formula is C12H16N4O. The van der Waals surface area contributed by atoms with Crippen molar-refractivity contribution in [2.45, 2.75) is 27.3 Å². The quantitative estimate of drug-likeness (QED) is 0.848. The van der Waals surface area contributed by atoms with E-state index in [4.69, 9.17) is 10.2 Å². The molecule has 0 radical (unpaired) electrons. The Bertz CT molecular complexity index is 514. The standard InChI is InChI=1S/C12H16N4O/c1-7-4-5-14-12(11(7)13)15-6-10-16-8(2)9(3)17-10/h4-5H,6,13H2,1-3H3,(H,14,15). The van der Waals surface area contributed by atoms with Crippen molar-refractivity contribution >= 4 is 11.5 Å². The van der Waals surface area contributed by atoms with Crippen molar-refractivity contribution < 1.29 is 4.42 Å². The van der Waals surface area contributed by atoms with E-state index < -0.39 is 0 Å². The second-order valence-corrected chi connectivity index (χ2v) is 3.99. The largest absolute Gasteiger partial charge is 0.444 e. The number of aryl methyl sites for hydroxylation is 3. The van der Waals surface area contributed by atoms with Crippen LogP contribution in [0.5, 0.6) is 0 Å². The number of nitrogens with zero attached hydrogens (tertiary/aromatic N) is 2. The Hall–Kier alpha value is -2.04. The first-order chi connectivity index (χ1) is 8.08. The lowest BCUT2D eigenvalue weighted by molar-refractivity contribution is 0.478. The maximum absolute atomic E-state index is 5.91. The molecule has 90 valence electrons. The van der Waals surface area contributed by atoms with Gasteiger partial charge in [0.1, 0.15) is 11.6 Å². The molecule has 0 aromatic carbocycles. The van der Waals surface area contributed by atoms with Crippen molar-refractivity contribution in [1.29, 1.82) is 0 Å². The van der Waals surface area contributed by atoms with Crippen LogP contribution in [0, 0.1) is 20.8 Å². The van der Waals surface area contributed by atoms with Crippen LogP contribution in [0.3, 0.4) is 0 Å². The summed E-state index contributed by atoms with van der Waals surface area (Å²) in [6, 6.07) is 1.87. The van der Waals surface area contributed by atoms with Gasteiger partial charge in [0.25, 0.3) is 0 Å². The number of anilines is 2. The van der Waals surface area contributed by atoms with Crippen molar-refractivity contribution in [2.75, 3.05) is 11.1 Å². The predicted molar refractivity (Wildman–Crippen MR) is 66.7 cm³/mol. The number of nitrogens with two attached hydrogens (primary N) is 1. The summed E-state index contributed by atoms with van der Waals surface area (Å²) in [6.07, 6.45) is 1.72. The van der Waals surface area contributed by atoms with E-state index in [1.54, 1.807) is 6.20 Å². The Morgan fingerprint density at radius 1 is 1.35 bits per heavy atom. The van der Waals surface area contributed by atoms with Gasteiger partial charge in [-0.1, -0.05) is 0 Å². The maximum Gasteiger partial charge on any atom is 0.213 e. The van der Waals surface area contributed by atoms with Crippen LogP contribution < -0.4 is 11.1 Å². The van der Waals surface area contributed by atoms with Gasteiger partial charge in [-0.25, -0.2) is 9.97 Å². The number of rotatable bonds is 3. The number of nitrogens with one attached hydrogen (secondary N) is 1. The van der Waals surface area contributed by atoms with Gasteiger partial charge < -0.3 is 15.5 Å². The van der Waals surface area contributed by atoms with Gasteiger partial charge in [0.05, 0.1) is 17.9 Å². The molecule has 0 aliphatic rings. The first-order valence-corrected chi connectivity index (χ1v) is 5.46. The van der Waals surface area contributed by atoms with E-state index in [0.717, 1.165) is 17.0 Å². The number of hydrogen-bond donors (Lipinski definition) is 2. The first kappa shape index (κ1) is 11.4. The maximum atomic E-state index is 5.91. The van der Waals surface area contributed by atoms with Gasteiger partial charge in [0.15, 0.2) is 0 Å². The van der Waals surface area contributed by atoms with Gasteiger partial charge in [0.2, 0.25) is 5.89 Å². The molecule has 0 fully saturated rings. The zero-order chi connectivity index (χ0) is 12.4. The molecule has 0 saturated carbocycles. The van der Waals surface area contributed by atoms with Gasteiger partial charge in [-0.05, 0) is 32.4 Å². The summed E-state index contributed by atoms with van der Waals surface area (Å²) in [4.78, 5) is 8.46. The summed E-state index contributed by atoms with van der Waals surface area (Å²) < 4.78 is 5.46. The molecule has 0 aliphatic carbocycles. The molecule has 5 heteroatoms. The molecule has 0 saturated heterocycles. The lowest BCUT2D eigenvalue weighted by atomic mass is 10.2. The minimum absolute atomic E-state index is 0.481. The molecule has 0 spiro atoms. The second kappa shape index (κ2) is 4.45. The molecule has 0 bridgehead atoms. The second-order valence-electron chi connectivity index (χ2n) is 3.99. The number of oxazole rings is 1. The third-order valence-corrected chi connectivity index (χ3v) is 2.69. The molecule has 3 N–H and O–H groups in total. The third-order valence-electron chi connectivity index (χ3n) is 2.69. The van der Waals surface area contributed by atoms with Gasteiger partial charge >= 0.3 is 0 Å². The Balaban J connectivity index is 2.10. The lowest BCUT2D eigenvalue weighted by Crippen LogP contribution is -2.05. The van der Waals surface area contributed by atoms with E-state index in [1.807, 2.05) is 26.8 Å². The van der Waals surface area contributed by atoms with Crippen LogP contribution in [-0.2, 0) is 6.54 Å². The fourth-order valence-corrected chi connectivity index (χ4v) is 1.48. The van der Waals surface area contributed by atoms with Crippen LogP contribution in [0.4, 0.5) is 11.5 Å². The van der Waals surface area contributed by atoms with Crippen LogP contribution in [0.2, 0.25) is 0 Å². The molecule has 5 nitrogen and oxygen atoms in total. The van der Waals surface area contributed by atoms with E-state index in [0.29, 0.717) is 23.9 Å². The smallest absolute Gasteiger partial charge is 0.213 e. The van der Waals surface area contributed by atoms with Crippen LogP contribution in [-0.4, -0.2) is 9.97 Å². The minimum Gasteiger partial charge on any atom is -0.444 e. The summed E-state index contributed by atoms with van der Waals surface area (Å²) in [6.45, 7) is 6.24. The Morgan fingerprint density at radius 3 is 2.76 bits per heavy atom. The van der Waals surface area contributed by atoms with Gasteiger partial charge in [0, 0.05) is 6.20 Å². The van der Waals surface area contributed by atoms with Gasteiger partial charge in [-0.2, -0.15) is 0 Å². The first-order valence-electron chi connectivity index (χ1n) is 5.46. The fraction of sp³-hybridized carbons (Fsp3) is 0.333. The highest BCUT2D eigenvalue weighted by Crippen LogP contribution is 2.19. The highest BCUT2D eigenvalue weighted by atomic mass is 16.4. The molecule has 0 unspecified atom stereocenters. The summed E-state index contributed by atoms with van der Waals surface area (Å²) >= 11 is 0. The van der Waals surface area contributed by atoms with E-state index >= 15 is 0 Å². The van der Waals surface area contributed by atoms with E-state index in [2.05, 4.69) is 15.3 Å². The zero-order valence-corrected chi connectivity index (χ0v) is 10.2. The average Bonchev–Trinajstić information content (AvgIpc) is 2.61. The van der Waals surface area contributed by atoms with Crippen LogP contribution in [0.1, 0.15) is 22.9 Å². The molecule has 2 rings (SSSR count). The van der Waals surface area contributed by atoms with Gasteiger partial charge in [-0.3, -0.25) is 0 Å². The summed E-state index contributed by atoms with van der Waals surface area (Å²) in [7, 11) is 0. The van der Waals surface area contributed by atoms with E-state index in [1.165, 1.54) is 0 Å². The molecule has 0 atom stereocenters. The van der Waals surface area contributed by atoms with Crippen molar-refractivity contribution in [1.82, 2.24) is 9.97 Å². The van der Waals surface area contributed by atoms with Gasteiger partial charge in [-0.15, -0.1) is 0 Å². The molecule has 2 aromatic heterocycles. The Morgan fingerprint density at radius 2 is 2.12 bits per heavy atom. The normalized spacial score (nSPS) is 10.5. The van der Waals surface area contributed by atoms with E-state index in [9.17, 15) is 0 Å². The third kappa shape index (κ3) is 2.38. The molecule has 0 amide bonds. The molecular weight excluding hydrogens is 216 g/mol. The fourth-order valence-electron chi connectivity index (χ4n) is 1.48. The summed E-state index contributed by atoms with van der Waals surface area (Å²) in [5.74, 6) is 2.15. The monoisotopic (exact) mass is 232 g/mol.